The van der Waals surface area contributed by atoms with E-state index in [2.05, 4.69) is 6.92 Å². The highest BCUT2D eigenvalue weighted by Crippen LogP contribution is 2.31. The third-order valence-corrected chi connectivity index (χ3v) is 5.26. The fourth-order valence-electron chi connectivity index (χ4n) is 1.38. The molecular weight excluding hydrogens is 260 g/mol. The van der Waals surface area contributed by atoms with Gasteiger partial charge in [-0.3, -0.25) is 4.79 Å². The Morgan fingerprint density at radius 2 is 2.19 bits per heavy atom. The van der Waals surface area contributed by atoms with Gasteiger partial charge in [0.15, 0.2) is 0 Å². The molecule has 0 amide bonds. The molecule has 2 rings (SSSR count). The molecule has 84 valence electrons. The van der Waals surface area contributed by atoms with E-state index < -0.39 is 0 Å². The zero-order chi connectivity index (χ0) is 11.7. The van der Waals surface area contributed by atoms with Gasteiger partial charge in [-0.2, -0.15) is 0 Å². The summed E-state index contributed by atoms with van der Waals surface area (Å²) < 4.78 is 0. The average molecular weight is 271 g/mol. The maximum Gasteiger partial charge on any atom is 0.214 e. The van der Waals surface area contributed by atoms with Crippen molar-refractivity contribution in [2.75, 3.05) is 0 Å². The number of ketones is 1. The van der Waals surface area contributed by atoms with Gasteiger partial charge in [0.25, 0.3) is 0 Å². The molecule has 2 heterocycles. The number of hydrogen-bond donors (Lipinski definition) is 0. The van der Waals surface area contributed by atoms with Crippen LogP contribution in [0.15, 0.2) is 17.5 Å². The van der Waals surface area contributed by atoms with Crippen LogP contribution in [0.25, 0.3) is 0 Å². The summed E-state index contributed by atoms with van der Waals surface area (Å²) in [6, 6.07) is 3.89. The number of carbonyl (C=O) groups is 1. The molecule has 0 aliphatic carbocycles. The molecule has 0 fully saturated rings. The third-order valence-electron chi connectivity index (χ3n) is 2.34. The predicted molar refractivity (Wildman–Crippen MR) is 71.2 cm³/mol. The van der Waals surface area contributed by atoms with Gasteiger partial charge in [-0.25, -0.2) is 0 Å². The van der Waals surface area contributed by atoms with E-state index in [0.29, 0.717) is 9.90 Å². The summed E-state index contributed by atoms with van der Waals surface area (Å²) in [5.74, 6) is 0.0489. The fraction of sp³-hybridized carbons (Fsp3) is 0.250. The molecule has 1 nitrogen and oxygen atoms in total. The molecule has 0 aromatic carbocycles. The molecule has 2 aromatic rings. The van der Waals surface area contributed by atoms with Crippen molar-refractivity contribution in [2.24, 2.45) is 0 Å². The van der Waals surface area contributed by atoms with Crippen molar-refractivity contribution in [1.29, 1.82) is 0 Å². The summed E-state index contributed by atoms with van der Waals surface area (Å²) in [5, 5.41) is 2.52. The van der Waals surface area contributed by atoms with Crippen LogP contribution in [0.2, 0.25) is 5.02 Å². The second-order valence-electron chi connectivity index (χ2n) is 3.51. The van der Waals surface area contributed by atoms with E-state index in [0.717, 1.165) is 16.9 Å². The Hall–Kier alpha value is -0.640. The van der Waals surface area contributed by atoms with E-state index in [4.69, 9.17) is 11.6 Å². The molecule has 0 aliphatic rings. The number of carbonyl (C=O) groups excluding carboxylic acids is 1. The quantitative estimate of drug-likeness (QED) is 0.747. The predicted octanol–water partition coefficient (Wildman–Crippen LogP) is 4.56. The number of aryl methyl sites for hydroxylation is 2. The Labute approximate surface area is 108 Å². The molecule has 0 unspecified atom stereocenters. The lowest BCUT2D eigenvalue weighted by Crippen LogP contribution is -1.95. The first kappa shape index (κ1) is 11.8. The summed E-state index contributed by atoms with van der Waals surface area (Å²) in [7, 11) is 0. The highest BCUT2D eigenvalue weighted by atomic mass is 35.5. The average Bonchev–Trinajstić information content (AvgIpc) is 2.87. The van der Waals surface area contributed by atoms with E-state index in [1.807, 2.05) is 24.4 Å². The lowest BCUT2D eigenvalue weighted by atomic mass is 10.2. The second kappa shape index (κ2) is 4.70. The van der Waals surface area contributed by atoms with Crippen molar-refractivity contribution in [3.63, 3.8) is 0 Å². The molecule has 4 heteroatoms. The third kappa shape index (κ3) is 2.08. The topological polar surface area (TPSA) is 17.1 Å². The largest absolute Gasteiger partial charge is 0.287 e. The molecule has 0 saturated carbocycles. The lowest BCUT2D eigenvalue weighted by molar-refractivity contribution is 0.104. The van der Waals surface area contributed by atoms with Gasteiger partial charge in [-0.1, -0.05) is 18.5 Å². The van der Waals surface area contributed by atoms with Gasteiger partial charge >= 0.3 is 0 Å². The Balaban J connectivity index is 2.35. The molecule has 0 spiro atoms. The van der Waals surface area contributed by atoms with Crippen molar-refractivity contribution in [3.8, 4) is 0 Å². The highest BCUT2D eigenvalue weighted by molar-refractivity contribution is 7.17. The molecular formula is C12H11ClOS2. The van der Waals surface area contributed by atoms with Crippen LogP contribution in [0.5, 0.6) is 0 Å². The van der Waals surface area contributed by atoms with Crippen LogP contribution < -0.4 is 0 Å². The molecule has 16 heavy (non-hydrogen) atoms. The van der Waals surface area contributed by atoms with Crippen LogP contribution in [-0.4, -0.2) is 5.78 Å². The maximum atomic E-state index is 12.1. The number of hydrogen-bond acceptors (Lipinski definition) is 3. The lowest BCUT2D eigenvalue weighted by Gasteiger charge is -1.95. The minimum absolute atomic E-state index is 0.0489. The standard InChI is InChI=1S/C12H11ClOS2/c1-3-8-4-5-9(16-8)11(14)12-10(13)7(2)6-15-12/h4-6H,3H2,1-2H3. The molecule has 0 N–H and O–H groups in total. The summed E-state index contributed by atoms with van der Waals surface area (Å²) in [4.78, 5) is 14.8. The van der Waals surface area contributed by atoms with Crippen molar-refractivity contribution < 1.29 is 4.79 Å². The van der Waals surface area contributed by atoms with E-state index in [1.165, 1.54) is 16.2 Å². The molecule has 0 radical (unpaired) electrons. The van der Waals surface area contributed by atoms with Crippen molar-refractivity contribution in [3.05, 3.63) is 42.7 Å². The molecule has 0 saturated heterocycles. The van der Waals surface area contributed by atoms with Crippen LogP contribution in [0.1, 0.15) is 31.9 Å². The van der Waals surface area contributed by atoms with Crippen LogP contribution in [0.4, 0.5) is 0 Å². The number of thiophene rings is 2. The highest BCUT2D eigenvalue weighted by Gasteiger charge is 2.17. The van der Waals surface area contributed by atoms with Gasteiger partial charge < -0.3 is 0 Å². The monoisotopic (exact) mass is 270 g/mol. The van der Waals surface area contributed by atoms with Gasteiger partial charge in [0.2, 0.25) is 5.78 Å². The Kier molecular flexibility index (Phi) is 3.47. The fourth-order valence-corrected chi connectivity index (χ4v) is 3.58. The van der Waals surface area contributed by atoms with Gasteiger partial charge in [-0.05, 0) is 36.4 Å². The first-order valence-electron chi connectivity index (χ1n) is 5.00. The first-order chi connectivity index (χ1) is 7.63. The summed E-state index contributed by atoms with van der Waals surface area (Å²) in [6.45, 7) is 4.00. The summed E-state index contributed by atoms with van der Waals surface area (Å²) >= 11 is 9.06. The minimum atomic E-state index is 0.0489. The second-order valence-corrected chi connectivity index (χ2v) is 5.94. The van der Waals surface area contributed by atoms with Crippen molar-refractivity contribution >= 4 is 40.1 Å². The normalized spacial score (nSPS) is 10.7. The van der Waals surface area contributed by atoms with Gasteiger partial charge in [0.05, 0.1) is 14.8 Å². The molecule has 0 bridgehead atoms. The first-order valence-corrected chi connectivity index (χ1v) is 7.08. The minimum Gasteiger partial charge on any atom is -0.287 e. The van der Waals surface area contributed by atoms with E-state index >= 15 is 0 Å². The number of halogens is 1. The molecule has 0 atom stereocenters. The smallest absolute Gasteiger partial charge is 0.214 e. The van der Waals surface area contributed by atoms with E-state index in [9.17, 15) is 4.79 Å². The maximum absolute atomic E-state index is 12.1. The van der Waals surface area contributed by atoms with Gasteiger partial charge in [0, 0.05) is 4.88 Å². The SMILES string of the molecule is CCc1ccc(C(=O)c2scc(C)c2Cl)s1. The van der Waals surface area contributed by atoms with Crippen LogP contribution >= 0.6 is 34.3 Å². The van der Waals surface area contributed by atoms with E-state index in [-0.39, 0.29) is 5.78 Å². The van der Waals surface area contributed by atoms with Gasteiger partial charge in [-0.15, -0.1) is 22.7 Å². The summed E-state index contributed by atoms with van der Waals surface area (Å²) in [5.41, 5.74) is 0.974. The zero-order valence-corrected chi connectivity index (χ0v) is 11.4. The molecule has 2 aromatic heterocycles. The zero-order valence-electron chi connectivity index (χ0n) is 9.04. The van der Waals surface area contributed by atoms with E-state index in [1.54, 1.807) is 11.3 Å². The van der Waals surface area contributed by atoms with Gasteiger partial charge in [0.1, 0.15) is 0 Å². The van der Waals surface area contributed by atoms with Crippen LogP contribution in [-0.2, 0) is 6.42 Å². The van der Waals surface area contributed by atoms with Crippen LogP contribution in [0, 0.1) is 6.92 Å². The van der Waals surface area contributed by atoms with Crippen molar-refractivity contribution in [1.82, 2.24) is 0 Å². The van der Waals surface area contributed by atoms with Crippen molar-refractivity contribution in [2.45, 2.75) is 20.3 Å². The Morgan fingerprint density at radius 3 is 2.69 bits per heavy atom. The Morgan fingerprint density at radius 1 is 1.44 bits per heavy atom. The number of rotatable bonds is 3. The summed E-state index contributed by atoms with van der Waals surface area (Å²) in [6.07, 6.45) is 0.967. The van der Waals surface area contributed by atoms with Crippen LogP contribution in [0.3, 0.4) is 0 Å². The molecule has 0 aliphatic heterocycles. The Bertz CT molecular complexity index is 525.